The van der Waals surface area contributed by atoms with Crippen LogP contribution in [0.2, 0.25) is 0 Å². The van der Waals surface area contributed by atoms with Crippen molar-refractivity contribution in [2.24, 2.45) is 0 Å². The van der Waals surface area contributed by atoms with Gasteiger partial charge in [-0.1, -0.05) is 6.07 Å². The van der Waals surface area contributed by atoms with E-state index in [9.17, 15) is 0 Å². The van der Waals surface area contributed by atoms with Gasteiger partial charge < -0.3 is 5.32 Å². The van der Waals surface area contributed by atoms with Gasteiger partial charge in [0.05, 0.1) is 5.69 Å². The molecule has 2 heterocycles. The molecule has 1 aliphatic rings. The highest BCUT2D eigenvalue weighted by Gasteiger charge is 2.11. The van der Waals surface area contributed by atoms with E-state index in [1.807, 2.05) is 12.3 Å². The zero-order valence-corrected chi connectivity index (χ0v) is 9.89. The van der Waals surface area contributed by atoms with Crippen LogP contribution >= 0.6 is 12.4 Å². The molecule has 0 saturated carbocycles. The Kier molecular flexibility index (Phi) is 5.02. The maximum absolute atomic E-state index is 4.41. The molecule has 0 spiro atoms. The van der Waals surface area contributed by atoms with Crippen molar-refractivity contribution in [3.05, 3.63) is 29.6 Å². The molecule has 0 unspecified atom stereocenters. The topological polar surface area (TPSA) is 28.2 Å². The highest BCUT2D eigenvalue weighted by molar-refractivity contribution is 5.85. The number of rotatable bonds is 2. The second-order valence-electron chi connectivity index (χ2n) is 3.79. The first-order valence-electron chi connectivity index (χ1n) is 5.20. The maximum atomic E-state index is 4.41. The molecule has 84 valence electrons. The minimum absolute atomic E-state index is 0. The molecule has 0 amide bonds. The summed E-state index contributed by atoms with van der Waals surface area (Å²) in [6.07, 6.45) is 1.88. The van der Waals surface area contributed by atoms with E-state index in [-0.39, 0.29) is 12.4 Å². The van der Waals surface area contributed by atoms with E-state index in [2.05, 4.69) is 28.2 Å². The number of pyridine rings is 1. The third kappa shape index (κ3) is 3.45. The Bertz CT molecular complexity index is 298. The summed E-state index contributed by atoms with van der Waals surface area (Å²) < 4.78 is 0. The summed E-state index contributed by atoms with van der Waals surface area (Å²) >= 11 is 0. The normalized spacial score (nSPS) is 17.1. The largest absolute Gasteiger partial charge is 0.314 e. The van der Waals surface area contributed by atoms with Crippen LogP contribution in [0.4, 0.5) is 0 Å². The van der Waals surface area contributed by atoms with Gasteiger partial charge in [0.25, 0.3) is 0 Å². The Morgan fingerprint density at radius 3 is 2.80 bits per heavy atom. The van der Waals surface area contributed by atoms with E-state index in [0.717, 1.165) is 32.7 Å². The van der Waals surface area contributed by atoms with E-state index in [4.69, 9.17) is 0 Å². The van der Waals surface area contributed by atoms with E-state index in [0.29, 0.717) is 0 Å². The summed E-state index contributed by atoms with van der Waals surface area (Å²) in [5.41, 5.74) is 2.51. The standard InChI is InChI=1S/C11H17N3.ClH/c1-10-3-2-4-13-11(10)9-14-7-5-12-6-8-14;/h2-4,12H,5-9H2,1H3;1H. The van der Waals surface area contributed by atoms with Gasteiger partial charge >= 0.3 is 0 Å². The predicted molar refractivity (Wildman–Crippen MR) is 64.4 cm³/mol. The molecule has 1 aromatic heterocycles. The molecule has 1 saturated heterocycles. The first-order valence-corrected chi connectivity index (χ1v) is 5.20. The van der Waals surface area contributed by atoms with Crippen LogP contribution in [0.15, 0.2) is 18.3 Å². The van der Waals surface area contributed by atoms with Crippen molar-refractivity contribution >= 4 is 12.4 Å². The average molecular weight is 228 g/mol. The Balaban J connectivity index is 0.00000112. The molecule has 1 fully saturated rings. The van der Waals surface area contributed by atoms with Gasteiger partial charge in [-0.15, -0.1) is 12.4 Å². The highest BCUT2D eigenvalue weighted by Crippen LogP contribution is 2.07. The first kappa shape index (κ1) is 12.4. The maximum Gasteiger partial charge on any atom is 0.0573 e. The Labute approximate surface area is 97.3 Å². The van der Waals surface area contributed by atoms with Crippen LogP contribution in [0.5, 0.6) is 0 Å². The molecule has 0 aromatic carbocycles. The fraction of sp³-hybridized carbons (Fsp3) is 0.545. The Morgan fingerprint density at radius 2 is 2.13 bits per heavy atom. The van der Waals surface area contributed by atoms with Crippen molar-refractivity contribution in [1.29, 1.82) is 0 Å². The summed E-state index contributed by atoms with van der Waals surface area (Å²) in [4.78, 5) is 6.86. The number of halogens is 1. The van der Waals surface area contributed by atoms with Crippen molar-refractivity contribution in [3.8, 4) is 0 Å². The second-order valence-corrected chi connectivity index (χ2v) is 3.79. The lowest BCUT2D eigenvalue weighted by atomic mass is 10.2. The molecule has 0 atom stereocenters. The zero-order valence-electron chi connectivity index (χ0n) is 9.07. The van der Waals surface area contributed by atoms with E-state index in [1.54, 1.807) is 0 Å². The number of nitrogens with zero attached hydrogens (tertiary/aromatic N) is 2. The summed E-state index contributed by atoms with van der Waals surface area (Å²) in [5, 5.41) is 3.35. The van der Waals surface area contributed by atoms with Crippen LogP contribution < -0.4 is 5.32 Å². The Morgan fingerprint density at radius 1 is 1.40 bits per heavy atom. The molecule has 2 rings (SSSR count). The lowest BCUT2D eigenvalue weighted by molar-refractivity contribution is 0.230. The molecule has 0 bridgehead atoms. The van der Waals surface area contributed by atoms with E-state index < -0.39 is 0 Å². The average Bonchev–Trinajstić information content (AvgIpc) is 2.23. The summed E-state index contributed by atoms with van der Waals surface area (Å²) in [7, 11) is 0. The zero-order chi connectivity index (χ0) is 9.80. The van der Waals surface area contributed by atoms with E-state index in [1.165, 1.54) is 11.3 Å². The molecular weight excluding hydrogens is 210 g/mol. The van der Waals surface area contributed by atoms with Gasteiger partial charge in [-0.25, -0.2) is 0 Å². The SMILES string of the molecule is Cc1cccnc1CN1CCNCC1.Cl. The van der Waals surface area contributed by atoms with Crippen LogP contribution in [0.3, 0.4) is 0 Å². The van der Waals surface area contributed by atoms with Crippen molar-refractivity contribution in [3.63, 3.8) is 0 Å². The first-order chi connectivity index (χ1) is 6.86. The van der Waals surface area contributed by atoms with Crippen molar-refractivity contribution in [1.82, 2.24) is 15.2 Å². The number of nitrogens with one attached hydrogen (secondary N) is 1. The molecule has 1 N–H and O–H groups in total. The fourth-order valence-corrected chi connectivity index (χ4v) is 1.76. The quantitative estimate of drug-likeness (QED) is 0.824. The van der Waals surface area contributed by atoms with Gasteiger partial charge in [0, 0.05) is 38.9 Å². The van der Waals surface area contributed by atoms with Crippen molar-refractivity contribution < 1.29 is 0 Å². The molecule has 1 aliphatic heterocycles. The van der Waals surface area contributed by atoms with Gasteiger partial charge in [-0.05, 0) is 18.6 Å². The lowest BCUT2D eigenvalue weighted by Gasteiger charge is -2.27. The van der Waals surface area contributed by atoms with Gasteiger partial charge in [-0.3, -0.25) is 9.88 Å². The predicted octanol–water partition coefficient (Wildman–Crippen LogP) is 1.22. The number of hydrogen-bond donors (Lipinski definition) is 1. The lowest BCUT2D eigenvalue weighted by Crippen LogP contribution is -2.43. The third-order valence-corrected chi connectivity index (χ3v) is 2.70. The smallest absolute Gasteiger partial charge is 0.0573 e. The van der Waals surface area contributed by atoms with Crippen LogP contribution in [-0.4, -0.2) is 36.1 Å². The molecular formula is C11H18ClN3. The molecule has 0 aliphatic carbocycles. The number of hydrogen-bond acceptors (Lipinski definition) is 3. The fourth-order valence-electron chi connectivity index (χ4n) is 1.76. The molecule has 3 nitrogen and oxygen atoms in total. The molecule has 4 heteroatoms. The number of aryl methyl sites for hydroxylation is 1. The summed E-state index contributed by atoms with van der Waals surface area (Å²) in [6.45, 7) is 7.60. The van der Waals surface area contributed by atoms with Crippen LogP contribution in [0.25, 0.3) is 0 Å². The summed E-state index contributed by atoms with van der Waals surface area (Å²) in [5.74, 6) is 0. The van der Waals surface area contributed by atoms with Crippen LogP contribution in [-0.2, 0) is 6.54 Å². The summed E-state index contributed by atoms with van der Waals surface area (Å²) in [6, 6.07) is 4.13. The number of piperazine rings is 1. The minimum Gasteiger partial charge on any atom is -0.314 e. The van der Waals surface area contributed by atoms with Crippen LogP contribution in [0, 0.1) is 6.92 Å². The van der Waals surface area contributed by atoms with Gasteiger partial charge in [0.2, 0.25) is 0 Å². The van der Waals surface area contributed by atoms with Gasteiger partial charge in [0.15, 0.2) is 0 Å². The van der Waals surface area contributed by atoms with Crippen LogP contribution in [0.1, 0.15) is 11.3 Å². The van der Waals surface area contributed by atoms with E-state index >= 15 is 0 Å². The van der Waals surface area contributed by atoms with Gasteiger partial charge in [-0.2, -0.15) is 0 Å². The van der Waals surface area contributed by atoms with Crippen molar-refractivity contribution in [2.45, 2.75) is 13.5 Å². The highest BCUT2D eigenvalue weighted by atomic mass is 35.5. The second kappa shape index (κ2) is 6.05. The monoisotopic (exact) mass is 227 g/mol. The van der Waals surface area contributed by atoms with Crippen molar-refractivity contribution in [2.75, 3.05) is 26.2 Å². The molecule has 1 aromatic rings. The minimum atomic E-state index is 0. The van der Waals surface area contributed by atoms with Gasteiger partial charge in [0.1, 0.15) is 0 Å². The molecule has 15 heavy (non-hydrogen) atoms. The number of aromatic nitrogens is 1. The Hall–Kier alpha value is -0.640. The molecule has 0 radical (unpaired) electrons. The third-order valence-electron chi connectivity index (χ3n) is 2.70.